The average molecular weight is 281 g/mol. The van der Waals surface area contributed by atoms with Crippen molar-refractivity contribution < 1.29 is 4.74 Å². The van der Waals surface area contributed by atoms with Gasteiger partial charge < -0.3 is 4.74 Å². The number of halogens is 1. The van der Waals surface area contributed by atoms with E-state index in [4.69, 9.17) is 16.3 Å². The Kier molecular flexibility index (Phi) is 5.21. The molecule has 0 unspecified atom stereocenters. The molecular formula is C15H17ClOS. The summed E-state index contributed by atoms with van der Waals surface area (Å²) >= 11 is 7.91. The van der Waals surface area contributed by atoms with Gasteiger partial charge in [0.1, 0.15) is 5.75 Å². The number of benzene rings is 2. The monoisotopic (exact) mass is 280 g/mol. The molecule has 96 valence electrons. The molecule has 0 saturated heterocycles. The molecule has 0 aliphatic carbocycles. The van der Waals surface area contributed by atoms with Crippen LogP contribution in [0.2, 0.25) is 0 Å². The van der Waals surface area contributed by atoms with Crippen LogP contribution in [0.25, 0.3) is 10.8 Å². The number of rotatable bonds is 6. The molecule has 0 radical (unpaired) electrons. The van der Waals surface area contributed by atoms with Crippen LogP contribution in [-0.4, -0.2) is 18.6 Å². The maximum absolute atomic E-state index is 6.07. The predicted molar refractivity (Wildman–Crippen MR) is 82.0 cm³/mol. The highest BCUT2D eigenvalue weighted by Gasteiger charge is 2.07. The van der Waals surface area contributed by atoms with Crippen LogP contribution in [0, 0.1) is 0 Å². The van der Waals surface area contributed by atoms with Gasteiger partial charge in [-0.1, -0.05) is 30.3 Å². The fraction of sp³-hybridized carbons (Fsp3) is 0.333. The van der Waals surface area contributed by atoms with Gasteiger partial charge in [-0.15, -0.1) is 11.6 Å². The SMILES string of the molecule is CSCCCOc1ccc2ccccc2c1CCl. The minimum absolute atomic E-state index is 0.485. The van der Waals surface area contributed by atoms with E-state index in [0.29, 0.717) is 5.88 Å². The summed E-state index contributed by atoms with van der Waals surface area (Å²) in [6.45, 7) is 0.753. The van der Waals surface area contributed by atoms with Crippen molar-refractivity contribution in [2.45, 2.75) is 12.3 Å². The number of fused-ring (bicyclic) bond motifs is 1. The van der Waals surface area contributed by atoms with Gasteiger partial charge in [-0.3, -0.25) is 0 Å². The second-order valence-corrected chi connectivity index (χ2v) is 5.34. The fourth-order valence-corrected chi connectivity index (χ4v) is 2.66. The summed E-state index contributed by atoms with van der Waals surface area (Å²) in [6, 6.07) is 12.4. The van der Waals surface area contributed by atoms with E-state index in [1.54, 1.807) is 0 Å². The van der Waals surface area contributed by atoms with Crippen LogP contribution in [0.15, 0.2) is 36.4 Å². The third-order valence-corrected chi connectivity index (χ3v) is 3.85. The summed E-state index contributed by atoms with van der Waals surface area (Å²) in [4.78, 5) is 0. The zero-order chi connectivity index (χ0) is 12.8. The van der Waals surface area contributed by atoms with Crippen molar-refractivity contribution in [3.8, 4) is 5.75 Å². The van der Waals surface area contributed by atoms with E-state index in [1.807, 2.05) is 30.0 Å². The van der Waals surface area contributed by atoms with Crippen molar-refractivity contribution in [1.29, 1.82) is 0 Å². The number of hydrogen-bond donors (Lipinski definition) is 0. The molecular weight excluding hydrogens is 264 g/mol. The molecule has 0 bridgehead atoms. The Morgan fingerprint density at radius 2 is 2.00 bits per heavy atom. The molecule has 0 saturated carbocycles. The number of alkyl halides is 1. The fourth-order valence-electron chi connectivity index (χ4n) is 1.97. The van der Waals surface area contributed by atoms with Crippen LogP contribution >= 0.6 is 23.4 Å². The van der Waals surface area contributed by atoms with Crippen LogP contribution in [0.5, 0.6) is 5.75 Å². The summed E-state index contributed by atoms with van der Waals surface area (Å²) in [7, 11) is 0. The molecule has 0 spiro atoms. The van der Waals surface area contributed by atoms with Gasteiger partial charge in [0.25, 0.3) is 0 Å². The Bertz CT molecular complexity index is 513. The van der Waals surface area contributed by atoms with Gasteiger partial charge in [0.15, 0.2) is 0 Å². The van der Waals surface area contributed by atoms with E-state index >= 15 is 0 Å². The van der Waals surface area contributed by atoms with Crippen molar-refractivity contribution in [2.75, 3.05) is 18.6 Å². The topological polar surface area (TPSA) is 9.23 Å². The Hall–Kier alpha value is -0.860. The third-order valence-electron chi connectivity index (χ3n) is 2.88. The van der Waals surface area contributed by atoms with Crippen molar-refractivity contribution in [3.05, 3.63) is 42.0 Å². The second-order valence-electron chi connectivity index (χ2n) is 4.09. The van der Waals surface area contributed by atoms with Gasteiger partial charge in [0.2, 0.25) is 0 Å². The van der Waals surface area contributed by atoms with Gasteiger partial charge in [0.05, 0.1) is 12.5 Å². The number of ether oxygens (including phenoxy) is 1. The van der Waals surface area contributed by atoms with E-state index in [2.05, 4.69) is 24.5 Å². The van der Waals surface area contributed by atoms with Gasteiger partial charge >= 0.3 is 0 Å². The lowest BCUT2D eigenvalue weighted by atomic mass is 10.0. The summed E-state index contributed by atoms with van der Waals surface area (Å²) in [6.07, 6.45) is 3.18. The molecule has 0 N–H and O–H groups in total. The second kappa shape index (κ2) is 6.91. The Morgan fingerprint density at radius 1 is 1.17 bits per heavy atom. The third kappa shape index (κ3) is 3.12. The van der Waals surface area contributed by atoms with E-state index in [9.17, 15) is 0 Å². The lowest BCUT2D eigenvalue weighted by Crippen LogP contribution is -2.01. The standard InChI is InChI=1S/C15H17ClOS/c1-18-10-4-9-17-15-8-7-12-5-2-3-6-13(12)14(15)11-16/h2-3,5-8H,4,9-11H2,1H3. The smallest absolute Gasteiger partial charge is 0.124 e. The summed E-state index contributed by atoms with van der Waals surface area (Å²) in [5, 5.41) is 2.40. The van der Waals surface area contributed by atoms with E-state index in [-0.39, 0.29) is 0 Å². The Morgan fingerprint density at radius 3 is 2.78 bits per heavy atom. The summed E-state index contributed by atoms with van der Waals surface area (Å²) in [5.41, 5.74) is 1.10. The van der Waals surface area contributed by atoms with Gasteiger partial charge in [-0.05, 0) is 35.3 Å². The van der Waals surface area contributed by atoms with Crippen molar-refractivity contribution in [2.24, 2.45) is 0 Å². The quantitative estimate of drug-likeness (QED) is 0.560. The van der Waals surface area contributed by atoms with Gasteiger partial charge in [-0.2, -0.15) is 11.8 Å². The number of hydrogen-bond acceptors (Lipinski definition) is 2. The Balaban J connectivity index is 2.22. The van der Waals surface area contributed by atoms with Crippen molar-refractivity contribution in [1.82, 2.24) is 0 Å². The normalized spacial score (nSPS) is 10.8. The molecule has 0 aliphatic heterocycles. The van der Waals surface area contributed by atoms with Crippen LogP contribution in [0.4, 0.5) is 0 Å². The van der Waals surface area contributed by atoms with E-state index in [1.165, 1.54) is 10.8 Å². The molecule has 2 rings (SSSR count). The molecule has 0 amide bonds. The highest BCUT2D eigenvalue weighted by molar-refractivity contribution is 7.98. The Labute approximate surface area is 117 Å². The van der Waals surface area contributed by atoms with Crippen LogP contribution < -0.4 is 4.74 Å². The van der Waals surface area contributed by atoms with Crippen LogP contribution in [0.3, 0.4) is 0 Å². The molecule has 3 heteroatoms. The molecule has 0 aromatic heterocycles. The first kappa shape index (κ1) is 13.6. The van der Waals surface area contributed by atoms with Crippen molar-refractivity contribution in [3.63, 3.8) is 0 Å². The molecule has 0 aliphatic rings. The van der Waals surface area contributed by atoms with Crippen molar-refractivity contribution >= 4 is 34.1 Å². The van der Waals surface area contributed by atoms with E-state index in [0.717, 1.165) is 30.1 Å². The lowest BCUT2D eigenvalue weighted by molar-refractivity contribution is 0.317. The molecule has 1 nitrogen and oxygen atoms in total. The largest absolute Gasteiger partial charge is 0.493 e. The maximum atomic E-state index is 6.07. The average Bonchev–Trinajstić information content (AvgIpc) is 2.43. The molecule has 2 aromatic rings. The first-order valence-corrected chi connectivity index (χ1v) is 7.98. The minimum atomic E-state index is 0.485. The van der Waals surface area contributed by atoms with Gasteiger partial charge in [0, 0.05) is 5.56 Å². The van der Waals surface area contributed by atoms with E-state index < -0.39 is 0 Å². The first-order chi connectivity index (χ1) is 8.86. The first-order valence-electron chi connectivity index (χ1n) is 6.05. The zero-order valence-electron chi connectivity index (χ0n) is 10.5. The highest BCUT2D eigenvalue weighted by atomic mass is 35.5. The summed E-state index contributed by atoms with van der Waals surface area (Å²) in [5.74, 6) is 2.54. The summed E-state index contributed by atoms with van der Waals surface area (Å²) < 4.78 is 5.84. The maximum Gasteiger partial charge on any atom is 0.124 e. The predicted octanol–water partition coefficient (Wildman–Crippen LogP) is 4.71. The van der Waals surface area contributed by atoms with Crippen LogP contribution in [0.1, 0.15) is 12.0 Å². The molecule has 2 aromatic carbocycles. The molecule has 0 fully saturated rings. The van der Waals surface area contributed by atoms with Crippen LogP contribution in [-0.2, 0) is 5.88 Å². The molecule has 0 atom stereocenters. The van der Waals surface area contributed by atoms with Gasteiger partial charge in [-0.25, -0.2) is 0 Å². The zero-order valence-corrected chi connectivity index (χ0v) is 12.1. The molecule has 18 heavy (non-hydrogen) atoms. The minimum Gasteiger partial charge on any atom is -0.493 e. The number of thioether (sulfide) groups is 1. The highest BCUT2D eigenvalue weighted by Crippen LogP contribution is 2.29. The lowest BCUT2D eigenvalue weighted by Gasteiger charge is -2.12. The molecule has 0 heterocycles.